The maximum Gasteiger partial charge on any atom is 0.255 e. The fraction of sp³-hybridized carbons (Fsp3) is 0.310. The van der Waals surface area contributed by atoms with Crippen LogP contribution in [0.5, 0.6) is 0 Å². The Kier molecular flexibility index (Phi) is 6.93. The van der Waals surface area contributed by atoms with E-state index in [-0.39, 0.29) is 5.91 Å². The lowest BCUT2D eigenvalue weighted by molar-refractivity contribution is 0.0746. The van der Waals surface area contributed by atoms with Crippen LogP contribution in [0.15, 0.2) is 67.3 Å². The zero-order valence-electron chi connectivity index (χ0n) is 21.8. The van der Waals surface area contributed by atoms with Gasteiger partial charge in [-0.1, -0.05) is 22.7 Å². The topological polar surface area (TPSA) is 77.9 Å². The Hall–Kier alpha value is -4.31. The zero-order valence-corrected chi connectivity index (χ0v) is 21.8. The van der Waals surface area contributed by atoms with Crippen molar-refractivity contribution in [2.45, 2.75) is 6.92 Å². The molecule has 1 amide bonds. The monoisotopic (exact) mass is 527 g/mol. The Balaban J connectivity index is 1.30. The lowest BCUT2D eigenvalue weighted by Gasteiger charge is -2.36. The number of fused-ring (bicyclic) bond motifs is 1. The van der Waals surface area contributed by atoms with Crippen molar-refractivity contribution in [1.82, 2.24) is 19.9 Å². The molecular formula is C29H30FN7O2. The van der Waals surface area contributed by atoms with E-state index in [9.17, 15) is 4.79 Å². The predicted molar refractivity (Wildman–Crippen MR) is 149 cm³/mol. The minimum atomic E-state index is -0.0331. The first-order chi connectivity index (χ1) is 19.1. The van der Waals surface area contributed by atoms with Crippen LogP contribution in [0.25, 0.3) is 10.9 Å². The molecule has 2 saturated heterocycles. The summed E-state index contributed by atoms with van der Waals surface area (Å²) in [6.45, 7) is 6.95. The minimum Gasteiger partial charge on any atom is -0.378 e. The normalized spacial score (nSPS) is 16.0. The molecule has 0 radical (unpaired) electrons. The van der Waals surface area contributed by atoms with Crippen LogP contribution in [0.2, 0.25) is 0 Å². The lowest BCUT2D eigenvalue weighted by Crippen LogP contribution is -2.49. The highest BCUT2D eigenvalue weighted by molar-refractivity contribution is 5.97. The summed E-state index contributed by atoms with van der Waals surface area (Å²) in [6, 6.07) is 13.0. The average Bonchev–Trinajstić information content (AvgIpc) is 3.01. The molecule has 0 bridgehead atoms. The fourth-order valence-corrected chi connectivity index (χ4v) is 5.28. The maximum atomic E-state index is 16.4. The molecule has 0 unspecified atom stereocenters. The molecule has 10 heteroatoms. The van der Waals surface area contributed by atoms with Crippen LogP contribution in [0, 0.1) is 6.92 Å². The van der Waals surface area contributed by atoms with Gasteiger partial charge in [-0.25, -0.2) is 4.98 Å². The number of hydrogen-bond acceptors (Lipinski definition) is 8. The van der Waals surface area contributed by atoms with Gasteiger partial charge in [-0.3, -0.25) is 14.8 Å². The van der Waals surface area contributed by atoms with Crippen LogP contribution in [0.1, 0.15) is 15.9 Å². The van der Waals surface area contributed by atoms with E-state index in [0.717, 1.165) is 40.7 Å². The van der Waals surface area contributed by atoms with Crippen LogP contribution in [0.4, 0.5) is 27.4 Å². The van der Waals surface area contributed by atoms with E-state index in [2.05, 4.69) is 19.8 Å². The third-order valence-corrected chi connectivity index (χ3v) is 7.36. The van der Waals surface area contributed by atoms with Gasteiger partial charge in [0.05, 0.1) is 53.7 Å². The Morgan fingerprint density at radius 2 is 1.72 bits per heavy atom. The van der Waals surface area contributed by atoms with Crippen LogP contribution in [-0.2, 0) is 4.74 Å². The molecule has 4 aromatic rings. The van der Waals surface area contributed by atoms with Crippen LogP contribution >= 0.6 is 0 Å². The average molecular weight is 528 g/mol. The van der Waals surface area contributed by atoms with Crippen molar-refractivity contribution >= 4 is 39.7 Å². The summed E-state index contributed by atoms with van der Waals surface area (Å²) in [6.07, 6.45) is 6.55. The molecule has 39 heavy (non-hydrogen) atoms. The van der Waals surface area contributed by atoms with Gasteiger partial charge < -0.3 is 19.4 Å². The minimum absolute atomic E-state index is 0.0331. The molecule has 200 valence electrons. The van der Waals surface area contributed by atoms with E-state index in [1.165, 1.54) is 0 Å². The molecule has 2 fully saturated rings. The number of ether oxygens (including phenoxy) is 1. The van der Waals surface area contributed by atoms with Gasteiger partial charge in [0.1, 0.15) is 5.82 Å². The maximum absolute atomic E-state index is 16.4. The summed E-state index contributed by atoms with van der Waals surface area (Å²) in [4.78, 5) is 32.4. The van der Waals surface area contributed by atoms with Crippen molar-refractivity contribution in [3.63, 3.8) is 0 Å². The number of amides is 1. The summed E-state index contributed by atoms with van der Waals surface area (Å²) in [5.41, 5.74) is 3.70. The molecule has 0 spiro atoms. The van der Waals surface area contributed by atoms with Crippen molar-refractivity contribution in [3.8, 4) is 0 Å². The SMILES string of the molecule is Cc1c(N2CCN(C(=O)c3cccnc3)CC2)nc2ccccc2c1N(F)c1cncc(N2CCOCC2)c1. The number of aromatic nitrogens is 3. The van der Waals surface area contributed by atoms with Crippen molar-refractivity contribution in [2.75, 3.05) is 67.4 Å². The van der Waals surface area contributed by atoms with Gasteiger partial charge in [0.15, 0.2) is 0 Å². The molecule has 5 heterocycles. The molecule has 2 aliphatic heterocycles. The number of hydrogen-bond donors (Lipinski definition) is 0. The molecule has 0 saturated carbocycles. The Morgan fingerprint density at radius 1 is 0.923 bits per heavy atom. The zero-order chi connectivity index (χ0) is 26.8. The van der Waals surface area contributed by atoms with Crippen LogP contribution < -0.4 is 14.9 Å². The number of piperazine rings is 1. The molecule has 2 aliphatic rings. The van der Waals surface area contributed by atoms with Gasteiger partial charge in [-0.05, 0) is 31.2 Å². The Morgan fingerprint density at radius 3 is 2.49 bits per heavy atom. The summed E-state index contributed by atoms with van der Waals surface area (Å²) in [7, 11) is 0. The standard InChI is InChI=1S/C29H30FN7O2/c1-21-27(37(30)24-17-23(19-32-20-24)34-13-15-39-16-14-34)25-6-2-3-7-26(25)33-28(21)35-9-11-36(12-10-35)29(38)22-5-4-8-31-18-22/h2-8,17-20H,9-16H2,1H3. The molecular weight excluding hydrogens is 497 g/mol. The van der Waals surface area contributed by atoms with Crippen molar-refractivity contribution in [3.05, 3.63) is 78.4 Å². The van der Waals surface area contributed by atoms with Gasteiger partial charge in [0.25, 0.3) is 5.91 Å². The quantitative estimate of drug-likeness (QED) is 0.358. The van der Waals surface area contributed by atoms with E-state index in [0.29, 0.717) is 61.8 Å². The van der Waals surface area contributed by atoms with E-state index >= 15 is 4.48 Å². The second-order valence-corrected chi connectivity index (χ2v) is 9.73. The summed E-state index contributed by atoms with van der Waals surface area (Å²) >= 11 is 0. The first kappa shape index (κ1) is 25.0. The molecule has 1 aromatic carbocycles. The first-order valence-electron chi connectivity index (χ1n) is 13.2. The second kappa shape index (κ2) is 10.8. The number of carbonyl (C=O) groups excluding carboxylic acids is 1. The largest absolute Gasteiger partial charge is 0.378 e. The molecule has 0 aliphatic carbocycles. The number of anilines is 4. The first-order valence-corrected chi connectivity index (χ1v) is 13.2. The summed E-state index contributed by atoms with van der Waals surface area (Å²) < 4.78 is 21.8. The van der Waals surface area contributed by atoms with E-state index < -0.39 is 0 Å². The molecule has 0 atom stereocenters. The second-order valence-electron chi connectivity index (χ2n) is 9.73. The Labute approximate surface area is 226 Å². The highest BCUT2D eigenvalue weighted by Gasteiger charge is 2.27. The van der Waals surface area contributed by atoms with Gasteiger partial charge in [-0.2, -0.15) is 5.12 Å². The lowest BCUT2D eigenvalue weighted by atomic mass is 10.1. The third-order valence-electron chi connectivity index (χ3n) is 7.36. The van der Waals surface area contributed by atoms with Crippen LogP contribution in [0.3, 0.4) is 0 Å². The Bertz CT molecular complexity index is 1470. The number of morpholine rings is 1. The van der Waals surface area contributed by atoms with E-state index in [1.807, 2.05) is 42.2 Å². The number of pyridine rings is 3. The summed E-state index contributed by atoms with van der Waals surface area (Å²) in [5, 5.41) is 1.45. The highest BCUT2D eigenvalue weighted by atomic mass is 19.2. The number of para-hydroxylation sites is 1. The van der Waals surface area contributed by atoms with Crippen molar-refractivity contribution < 1.29 is 14.0 Å². The van der Waals surface area contributed by atoms with E-state index in [1.54, 1.807) is 36.9 Å². The number of carbonyl (C=O) groups is 1. The van der Waals surface area contributed by atoms with Gasteiger partial charge in [0.2, 0.25) is 0 Å². The van der Waals surface area contributed by atoms with E-state index in [4.69, 9.17) is 9.72 Å². The van der Waals surface area contributed by atoms with Crippen molar-refractivity contribution in [2.24, 2.45) is 0 Å². The molecule has 6 rings (SSSR count). The number of halogens is 1. The smallest absolute Gasteiger partial charge is 0.255 e. The van der Waals surface area contributed by atoms with Gasteiger partial charge in [0, 0.05) is 62.6 Å². The number of benzene rings is 1. The summed E-state index contributed by atoms with van der Waals surface area (Å²) in [5.74, 6) is 0.686. The highest BCUT2D eigenvalue weighted by Crippen LogP contribution is 2.40. The van der Waals surface area contributed by atoms with Crippen LogP contribution in [-0.4, -0.2) is 78.2 Å². The van der Waals surface area contributed by atoms with Gasteiger partial charge in [-0.15, -0.1) is 0 Å². The number of rotatable bonds is 5. The third kappa shape index (κ3) is 4.95. The van der Waals surface area contributed by atoms with Crippen molar-refractivity contribution in [1.29, 1.82) is 0 Å². The predicted octanol–water partition coefficient (Wildman–Crippen LogP) is 4.15. The van der Waals surface area contributed by atoms with Gasteiger partial charge >= 0.3 is 0 Å². The number of nitrogens with zero attached hydrogens (tertiary/aromatic N) is 7. The molecule has 9 nitrogen and oxygen atoms in total. The molecule has 3 aromatic heterocycles. The fourth-order valence-electron chi connectivity index (χ4n) is 5.28. The molecule has 0 N–H and O–H groups in total.